The van der Waals surface area contributed by atoms with Gasteiger partial charge < -0.3 is 30.0 Å². The number of nitrogens with two attached hydrogens (primary N) is 1. The van der Waals surface area contributed by atoms with E-state index in [9.17, 15) is 9.59 Å². The number of primary amides is 1. The first-order valence-corrected chi connectivity index (χ1v) is 12.9. The van der Waals surface area contributed by atoms with Gasteiger partial charge in [-0.15, -0.1) is 0 Å². The summed E-state index contributed by atoms with van der Waals surface area (Å²) in [5.41, 5.74) is 9.06. The molecular weight excluding hydrogens is 468 g/mol. The third-order valence-electron chi connectivity index (χ3n) is 7.16. The lowest BCUT2D eigenvalue weighted by atomic mass is 10.0. The van der Waals surface area contributed by atoms with Crippen molar-refractivity contribution in [2.45, 2.75) is 38.9 Å². The monoisotopic (exact) mass is 502 g/mol. The Kier molecular flexibility index (Phi) is 7.58. The molecule has 0 saturated carbocycles. The number of rotatable bonds is 8. The van der Waals surface area contributed by atoms with Gasteiger partial charge in [0.2, 0.25) is 5.91 Å². The Morgan fingerprint density at radius 1 is 1.05 bits per heavy atom. The van der Waals surface area contributed by atoms with E-state index in [4.69, 9.17) is 15.2 Å². The summed E-state index contributed by atoms with van der Waals surface area (Å²) in [6.45, 7) is 7.44. The molecule has 0 aliphatic carbocycles. The molecule has 1 amide bonds. The number of piperidine rings is 1. The second-order valence-electron chi connectivity index (χ2n) is 9.82. The predicted octanol–water partition coefficient (Wildman–Crippen LogP) is 2.83. The van der Waals surface area contributed by atoms with E-state index < -0.39 is 5.91 Å². The number of likely N-dealkylation sites (tertiary alicyclic amines) is 1. The maximum absolute atomic E-state index is 13.0. The summed E-state index contributed by atoms with van der Waals surface area (Å²) >= 11 is 0. The number of nitrogens with one attached hydrogen (secondary N) is 1. The Morgan fingerprint density at radius 3 is 2.62 bits per heavy atom. The average molecular weight is 503 g/mol. The third-order valence-corrected chi connectivity index (χ3v) is 7.16. The Hall–Kier alpha value is -3.62. The molecule has 1 aromatic heterocycles. The molecule has 0 unspecified atom stereocenters. The number of carbonyl (C=O) groups is 1. The molecule has 0 spiro atoms. The fourth-order valence-electron chi connectivity index (χ4n) is 5.12. The van der Waals surface area contributed by atoms with Gasteiger partial charge in [-0.25, -0.2) is 0 Å². The van der Waals surface area contributed by atoms with E-state index in [1.54, 1.807) is 12.1 Å². The Labute approximate surface area is 216 Å². The fraction of sp³-hybridized carbons (Fsp3) is 0.379. The first-order valence-electron chi connectivity index (χ1n) is 12.9. The van der Waals surface area contributed by atoms with E-state index in [1.165, 1.54) is 11.6 Å². The molecule has 8 heteroatoms. The number of benzene rings is 2. The first kappa shape index (κ1) is 25.0. The minimum absolute atomic E-state index is 0.0711. The zero-order valence-electron chi connectivity index (χ0n) is 21.2. The van der Waals surface area contributed by atoms with Crippen LogP contribution in [-0.2, 0) is 17.9 Å². The van der Waals surface area contributed by atoms with Crippen LogP contribution in [0.3, 0.4) is 0 Å². The van der Waals surface area contributed by atoms with Gasteiger partial charge in [-0.05, 0) is 73.8 Å². The van der Waals surface area contributed by atoms with Crippen LogP contribution in [0.25, 0.3) is 17.0 Å². The summed E-state index contributed by atoms with van der Waals surface area (Å²) in [5, 5.41) is 4.62. The molecule has 1 fully saturated rings. The molecule has 1 saturated heterocycles. The lowest BCUT2D eigenvalue weighted by Crippen LogP contribution is -2.43. The molecule has 194 valence electrons. The van der Waals surface area contributed by atoms with Gasteiger partial charge in [-0.3, -0.25) is 9.59 Å². The minimum atomic E-state index is -0.534. The summed E-state index contributed by atoms with van der Waals surface area (Å²) in [7, 11) is 0. The van der Waals surface area contributed by atoms with E-state index >= 15 is 0 Å². The largest absolute Gasteiger partial charge is 0.486 e. The number of ether oxygens (including phenoxy) is 2. The quantitative estimate of drug-likeness (QED) is 0.460. The van der Waals surface area contributed by atoms with E-state index in [-0.39, 0.29) is 5.56 Å². The van der Waals surface area contributed by atoms with Crippen molar-refractivity contribution in [3.8, 4) is 11.5 Å². The molecule has 37 heavy (non-hydrogen) atoms. The van der Waals surface area contributed by atoms with E-state index in [0.717, 1.165) is 67.0 Å². The van der Waals surface area contributed by atoms with Crippen molar-refractivity contribution >= 4 is 22.9 Å². The van der Waals surface area contributed by atoms with Gasteiger partial charge >= 0.3 is 0 Å². The van der Waals surface area contributed by atoms with Crippen molar-refractivity contribution in [3.63, 3.8) is 0 Å². The standard InChI is InChI=1S/C29H34N4O4/c1-20-2-5-24-22(4-7-28(30)34)18-29(35)33(25(24)16-20)13-12-32-10-8-23(9-11-32)31-19-21-3-6-26-27(17-21)37-15-14-36-26/h2-7,16-18,23,31H,8-15,19H2,1H3,(H2,30,34)/b7-4+. The number of aryl methyl sites for hydroxylation is 1. The Balaban J connectivity index is 1.18. The summed E-state index contributed by atoms with van der Waals surface area (Å²) in [4.78, 5) is 26.7. The molecule has 0 bridgehead atoms. The number of pyridine rings is 1. The predicted molar refractivity (Wildman–Crippen MR) is 145 cm³/mol. The molecule has 8 nitrogen and oxygen atoms in total. The highest BCUT2D eigenvalue weighted by Crippen LogP contribution is 2.30. The summed E-state index contributed by atoms with van der Waals surface area (Å²) in [5.74, 6) is 1.12. The van der Waals surface area contributed by atoms with Gasteiger partial charge in [0.25, 0.3) is 5.56 Å². The van der Waals surface area contributed by atoms with Crippen LogP contribution in [0.1, 0.15) is 29.5 Å². The maximum Gasteiger partial charge on any atom is 0.251 e. The average Bonchev–Trinajstić information content (AvgIpc) is 2.90. The molecule has 2 aromatic carbocycles. The third kappa shape index (κ3) is 6.03. The highest BCUT2D eigenvalue weighted by molar-refractivity contribution is 5.95. The van der Waals surface area contributed by atoms with Crippen LogP contribution in [-0.4, -0.2) is 54.3 Å². The highest BCUT2D eigenvalue weighted by atomic mass is 16.6. The normalized spacial score (nSPS) is 16.5. The number of amides is 1. The first-order chi connectivity index (χ1) is 18.0. The number of carbonyl (C=O) groups excluding carboxylic acids is 1. The number of nitrogens with zero attached hydrogens (tertiary/aromatic N) is 2. The van der Waals surface area contributed by atoms with Crippen molar-refractivity contribution in [2.75, 3.05) is 32.8 Å². The summed E-state index contributed by atoms with van der Waals surface area (Å²) in [6, 6.07) is 14.2. The van der Waals surface area contributed by atoms with Gasteiger partial charge in [-0.1, -0.05) is 18.2 Å². The SMILES string of the molecule is Cc1ccc2c(/C=C/C(N)=O)cc(=O)n(CCN3CCC(NCc4ccc5c(c4)OCCO5)CC3)c2c1. The van der Waals surface area contributed by atoms with Crippen molar-refractivity contribution in [1.82, 2.24) is 14.8 Å². The van der Waals surface area contributed by atoms with Gasteiger partial charge in [-0.2, -0.15) is 0 Å². The van der Waals surface area contributed by atoms with E-state index in [2.05, 4.69) is 22.3 Å². The van der Waals surface area contributed by atoms with Crippen LogP contribution in [0.4, 0.5) is 0 Å². The van der Waals surface area contributed by atoms with Crippen LogP contribution in [0, 0.1) is 6.92 Å². The van der Waals surface area contributed by atoms with E-state index in [0.29, 0.717) is 31.4 Å². The number of hydrogen-bond donors (Lipinski definition) is 2. The van der Waals surface area contributed by atoms with Crippen molar-refractivity contribution in [3.05, 3.63) is 75.6 Å². The second-order valence-corrected chi connectivity index (χ2v) is 9.82. The Morgan fingerprint density at radius 2 is 1.84 bits per heavy atom. The van der Waals surface area contributed by atoms with Crippen LogP contribution < -0.4 is 26.1 Å². The molecule has 5 rings (SSSR count). The van der Waals surface area contributed by atoms with E-state index in [1.807, 2.05) is 35.8 Å². The second kappa shape index (κ2) is 11.2. The number of fused-ring (bicyclic) bond motifs is 2. The minimum Gasteiger partial charge on any atom is -0.486 e. The number of aromatic nitrogens is 1. The van der Waals surface area contributed by atoms with Crippen molar-refractivity contribution in [1.29, 1.82) is 0 Å². The molecule has 0 radical (unpaired) electrons. The van der Waals surface area contributed by atoms with Crippen LogP contribution in [0.5, 0.6) is 11.5 Å². The summed E-state index contributed by atoms with van der Waals surface area (Å²) in [6.07, 6.45) is 5.05. The molecule has 0 atom stereocenters. The van der Waals surface area contributed by atoms with Crippen molar-refractivity contribution in [2.24, 2.45) is 5.73 Å². The smallest absolute Gasteiger partial charge is 0.251 e. The lowest BCUT2D eigenvalue weighted by molar-refractivity contribution is -0.113. The molecule has 2 aliphatic rings. The molecular formula is C29H34N4O4. The van der Waals surface area contributed by atoms with Gasteiger partial charge in [0.15, 0.2) is 11.5 Å². The fourth-order valence-corrected chi connectivity index (χ4v) is 5.12. The summed E-state index contributed by atoms with van der Waals surface area (Å²) < 4.78 is 13.2. The van der Waals surface area contributed by atoms with Crippen LogP contribution in [0.15, 0.2) is 53.3 Å². The molecule has 2 aliphatic heterocycles. The van der Waals surface area contributed by atoms with Gasteiger partial charge in [0.05, 0.1) is 5.52 Å². The molecule has 3 N–H and O–H groups in total. The Bertz CT molecular complexity index is 1370. The molecule has 3 aromatic rings. The zero-order valence-corrected chi connectivity index (χ0v) is 21.2. The topological polar surface area (TPSA) is 98.8 Å². The molecule has 3 heterocycles. The van der Waals surface area contributed by atoms with Crippen LogP contribution >= 0.6 is 0 Å². The highest BCUT2D eigenvalue weighted by Gasteiger charge is 2.20. The lowest BCUT2D eigenvalue weighted by Gasteiger charge is -2.32. The van der Waals surface area contributed by atoms with Gasteiger partial charge in [0, 0.05) is 43.2 Å². The zero-order chi connectivity index (χ0) is 25.8. The maximum atomic E-state index is 13.0. The van der Waals surface area contributed by atoms with Gasteiger partial charge in [0.1, 0.15) is 13.2 Å². The van der Waals surface area contributed by atoms with Crippen LogP contribution in [0.2, 0.25) is 0 Å². The van der Waals surface area contributed by atoms with Crippen molar-refractivity contribution < 1.29 is 14.3 Å². The number of hydrogen-bond acceptors (Lipinski definition) is 6.